The summed E-state index contributed by atoms with van der Waals surface area (Å²) in [5.41, 5.74) is 5.08. The zero-order valence-corrected chi connectivity index (χ0v) is 15.4. The zero-order chi connectivity index (χ0) is 19.3. The molecule has 2 amide bonds. The molecule has 1 saturated heterocycles. The van der Waals surface area contributed by atoms with Crippen molar-refractivity contribution < 1.29 is 9.18 Å². The first-order valence-corrected chi connectivity index (χ1v) is 9.38. The lowest BCUT2D eigenvalue weighted by Gasteiger charge is -2.23. The van der Waals surface area contributed by atoms with Crippen LogP contribution in [0.1, 0.15) is 41.6 Å². The largest absolute Gasteiger partial charge is 0.322 e. The van der Waals surface area contributed by atoms with Crippen molar-refractivity contribution in [2.24, 2.45) is 0 Å². The van der Waals surface area contributed by atoms with E-state index in [0.29, 0.717) is 11.3 Å². The van der Waals surface area contributed by atoms with Crippen LogP contribution >= 0.6 is 0 Å². The summed E-state index contributed by atoms with van der Waals surface area (Å²) in [6.07, 6.45) is 6.28. The summed E-state index contributed by atoms with van der Waals surface area (Å²) in [7, 11) is 0. The molecule has 5 rings (SSSR count). The molecule has 4 heterocycles. The van der Waals surface area contributed by atoms with Gasteiger partial charge in [-0.2, -0.15) is 0 Å². The predicted molar refractivity (Wildman–Crippen MR) is 104 cm³/mol. The predicted octanol–water partition coefficient (Wildman–Crippen LogP) is 5.01. The Morgan fingerprint density at radius 3 is 2.82 bits per heavy atom. The molecule has 2 aliphatic heterocycles. The maximum Gasteiger partial charge on any atom is 0.322 e. The quantitative estimate of drug-likeness (QED) is 0.686. The molecule has 5 nitrogen and oxygen atoms in total. The first-order valence-electron chi connectivity index (χ1n) is 9.38. The van der Waals surface area contributed by atoms with E-state index in [9.17, 15) is 9.18 Å². The number of carbonyl (C=O) groups is 1. The molecule has 1 fully saturated rings. The fraction of sp³-hybridized carbons (Fsp3) is 0.227. The molecule has 6 heteroatoms. The van der Waals surface area contributed by atoms with Crippen molar-refractivity contribution in [3.8, 4) is 11.3 Å². The molecule has 2 aromatic heterocycles. The molecule has 28 heavy (non-hydrogen) atoms. The van der Waals surface area contributed by atoms with Crippen molar-refractivity contribution in [1.29, 1.82) is 0 Å². The third-order valence-electron chi connectivity index (χ3n) is 5.71. The zero-order valence-electron chi connectivity index (χ0n) is 15.4. The number of amides is 2. The Morgan fingerprint density at radius 2 is 2.04 bits per heavy atom. The number of rotatable bonds is 2. The average Bonchev–Trinajstić information content (AvgIpc) is 3.28. The molecule has 0 aliphatic carbocycles. The molecule has 1 aromatic carbocycles. The second-order valence-electron chi connectivity index (χ2n) is 7.32. The first-order chi connectivity index (χ1) is 13.6. The van der Waals surface area contributed by atoms with Crippen LogP contribution < -0.4 is 5.32 Å². The highest BCUT2D eigenvalue weighted by molar-refractivity contribution is 5.91. The molecule has 0 saturated carbocycles. The summed E-state index contributed by atoms with van der Waals surface area (Å²) in [4.78, 5) is 23.2. The van der Waals surface area contributed by atoms with Gasteiger partial charge in [-0.25, -0.2) is 9.18 Å². The van der Waals surface area contributed by atoms with Crippen molar-refractivity contribution in [2.75, 3.05) is 5.32 Å². The van der Waals surface area contributed by atoms with Gasteiger partial charge in [0.25, 0.3) is 0 Å². The first kappa shape index (κ1) is 16.9. The van der Waals surface area contributed by atoms with Gasteiger partial charge in [0.1, 0.15) is 5.82 Å². The van der Waals surface area contributed by atoms with Gasteiger partial charge in [0.2, 0.25) is 0 Å². The van der Waals surface area contributed by atoms with Gasteiger partial charge in [-0.05, 0) is 49.6 Å². The Kier molecular flexibility index (Phi) is 3.86. The molecule has 0 radical (unpaired) electrons. The number of carbonyl (C=O) groups excluding carboxylic acids is 1. The van der Waals surface area contributed by atoms with Crippen molar-refractivity contribution in [3.63, 3.8) is 0 Å². The van der Waals surface area contributed by atoms with Crippen LogP contribution in [0.15, 0.2) is 55.0 Å². The highest BCUT2D eigenvalue weighted by Gasteiger charge is 2.48. The highest BCUT2D eigenvalue weighted by Crippen LogP contribution is 2.53. The van der Waals surface area contributed by atoms with E-state index in [1.54, 1.807) is 17.3 Å². The van der Waals surface area contributed by atoms with Crippen LogP contribution in [0.3, 0.4) is 0 Å². The van der Waals surface area contributed by atoms with E-state index >= 15 is 0 Å². The lowest BCUT2D eigenvalue weighted by atomic mass is 9.93. The van der Waals surface area contributed by atoms with Gasteiger partial charge >= 0.3 is 6.03 Å². The normalized spacial score (nSPS) is 19.6. The molecular formula is C22H19FN4O. The Balaban J connectivity index is 1.43. The number of hydrogen-bond donors (Lipinski definition) is 1. The molecule has 2 aliphatic rings. The lowest BCUT2D eigenvalue weighted by molar-refractivity contribution is 0.196. The summed E-state index contributed by atoms with van der Waals surface area (Å²) in [6, 6.07) is 11.0. The second-order valence-corrected chi connectivity index (χ2v) is 7.32. The summed E-state index contributed by atoms with van der Waals surface area (Å²) in [5, 5.41) is 2.99. The Morgan fingerprint density at radius 1 is 1.18 bits per heavy atom. The van der Waals surface area contributed by atoms with Crippen molar-refractivity contribution >= 4 is 11.7 Å². The number of halogens is 1. The van der Waals surface area contributed by atoms with Gasteiger partial charge < -0.3 is 10.2 Å². The highest BCUT2D eigenvalue weighted by atomic mass is 19.1. The van der Waals surface area contributed by atoms with Crippen LogP contribution in [-0.4, -0.2) is 20.9 Å². The summed E-state index contributed by atoms with van der Waals surface area (Å²) >= 11 is 0. The van der Waals surface area contributed by atoms with Gasteiger partial charge in [0.05, 0.1) is 24.0 Å². The van der Waals surface area contributed by atoms with Gasteiger partial charge in [-0.1, -0.05) is 12.1 Å². The number of anilines is 1. The summed E-state index contributed by atoms with van der Waals surface area (Å²) < 4.78 is 14.3. The van der Waals surface area contributed by atoms with E-state index in [1.165, 1.54) is 6.20 Å². The van der Waals surface area contributed by atoms with Crippen LogP contribution in [0, 0.1) is 12.7 Å². The van der Waals surface area contributed by atoms with E-state index < -0.39 is 0 Å². The van der Waals surface area contributed by atoms with Crippen LogP contribution in [0.25, 0.3) is 11.3 Å². The molecule has 3 aromatic rings. The van der Waals surface area contributed by atoms with Crippen LogP contribution in [0.5, 0.6) is 0 Å². The smallest absolute Gasteiger partial charge is 0.310 e. The van der Waals surface area contributed by atoms with Gasteiger partial charge in [-0.15, -0.1) is 0 Å². The number of fused-ring (bicyclic) bond motifs is 5. The minimum atomic E-state index is -0.324. The molecule has 2 bridgehead atoms. The minimum Gasteiger partial charge on any atom is -0.310 e. The van der Waals surface area contributed by atoms with Gasteiger partial charge in [-0.3, -0.25) is 9.97 Å². The van der Waals surface area contributed by atoms with Crippen LogP contribution in [0.4, 0.5) is 14.9 Å². The maximum atomic E-state index is 14.3. The second kappa shape index (κ2) is 6.41. The van der Waals surface area contributed by atoms with E-state index in [1.807, 2.05) is 43.3 Å². The number of pyridine rings is 2. The van der Waals surface area contributed by atoms with Crippen LogP contribution in [0.2, 0.25) is 0 Å². The number of benzene rings is 1. The number of aromatic nitrogens is 2. The summed E-state index contributed by atoms with van der Waals surface area (Å²) in [6.45, 7) is 2.02. The van der Waals surface area contributed by atoms with E-state index in [2.05, 4.69) is 15.3 Å². The third kappa shape index (κ3) is 2.56. The maximum absolute atomic E-state index is 14.3. The third-order valence-corrected chi connectivity index (χ3v) is 5.71. The van der Waals surface area contributed by atoms with E-state index in [4.69, 9.17) is 0 Å². The molecule has 0 spiro atoms. The van der Waals surface area contributed by atoms with Crippen molar-refractivity contribution in [3.05, 3.63) is 77.5 Å². The lowest BCUT2D eigenvalue weighted by Crippen LogP contribution is -2.32. The van der Waals surface area contributed by atoms with E-state index in [-0.39, 0.29) is 23.9 Å². The van der Waals surface area contributed by atoms with Crippen LogP contribution in [-0.2, 0) is 0 Å². The Bertz CT molecular complexity index is 1070. The van der Waals surface area contributed by atoms with Crippen molar-refractivity contribution in [2.45, 2.75) is 31.8 Å². The number of nitrogens with one attached hydrogen (secondary N) is 1. The summed E-state index contributed by atoms with van der Waals surface area (Å²) in [5.74, 6) is -0.324. The Labute approximate surface area is 162 Å². The fourth-order valence-corrected chi connectivity index (χ4v) is 4.45. The molecule has 2 unspecified atom stereocenters. The van der Waals surface area contributed by atoms with Crippen molar-refractivity contribution in [1.82, 2.24) is 14.9 Å². The molecular weight excluding hydrogens is 355 g/mol. The number of aryl methyl sites for hydroxylation is 1. The monoisotopic (exact) mass is 374 g/mol. The Hall–Kier alpha value is -3.28. The number of nitrogens with zero attached hydrogens (tertiary/aromatic N) is 3. The van der Waals surface area contributed by atoms with Gasteiger partial charge in [0.15, 0.2) is 0 Å². The fourth-order valence-electron chi connectivity index (χ4n) is 4.45. The molecule has 2 atom stereocenters. The molecule has 140 valence electrons. The SMILES string of the molecule is Cc1ccc(NC(=O)N2C3CCC2c2c(F)cncc23)cc1-c1ccccn1. The number of hydrogen-bond acceptors (Lipinski definition) is 3. The standard InChI is InChI=1S/C22H19FN4O/c1-13-5-6-14(10-15(13)18-4-2-3-9-25-18)26-22(28)27-19-7-8-20(27)21-16(19)11-24-12-17(21)23/h2-6,9-12,19-20H,7-8H2,1H3,(H,26,28). The van der Waals surface area contributed by atoms with E-state index in [0.717, 1.165) is 35.2 Å². The minimum absolute atomic E-state index is 0.107. The average molecular weight is 374 g/mol. The molecule has 1 N–H and O–H groups in total. The topological polar surface area (TPSA) is 58.1 Å². The number of urea groups is 1. The van der Waals surface area contributed by atoms with Gasteiger partial charge in [0, 0.05) is 34.8 Å².